The number of hydrogen-bond donors (Lipinski definition) is 2. The maximum atomic E-state index is 12.6. The van der Waals surface area contributed by atoms with Gasteiger partial charge in [-0.05, 0) is 19.8 Å². The second-order valence-corrected chi connectivity index (χ2v) is 5.92. The average molecular weight is 324 g/mol. The minimum absolute atomic E-state index is 0.118. The molecule has 9 nitrogen and oxygen atoms in total. The van der Waals surface area contributed by atoms with Crippen LogP contribution < -0.4 is 5.32 Å². The lowest BCUT2D eigenvalue weighted by Crippen LogP contribution is -2.54. The van der Waals surface area contributed by atoms with E-state index in [1.807, 2.05) is 0 Å². The minimum Gasteiger partial charge on any atom is -0.480 e. The van der Waals surface area contributed by atoms with Crippen LogP contribution in [0.2, 0.25) is 0 Å². The van der Waals surface area contributed by atoms with E-state index in [1.54, 1.807) is 0 Å². The van der Waals surface area contributed by atoms with Gasteiger partial charge in [-0.2, -0.15) is 5.10 Å². The Labute approximate surface area is 132 Å². The summed E-state index contributed by atoms with van der Waals surface area (Å²) in [6.07, 6.45) is 3.85. The van der Waals surface area contributed by atoms with Gasteiger partial charge < -0.3 is 10.4 Å². The molecule has 1 aliphatic rings. The van der Waals surface area contributed by atoms with E-state index in [9.17, 15) is 24.8 Å². The van der Waals surface area contributed by atoms with Gasteiger partial charge in [0.1, 0.15) is 11.2 Å². The molecule has 0 saturated heterocycles. The number of aromatic nitrogens is 2. The Morgan fingerprint density at radius 3 is 2.35 bits per heavy atom. The SMILES string of the molecule is Cc1nn(C)c(C(=O)NC2(C(=O)O)CCCCCC2)c1[N+](=O)[O-]. The van der Waals surface area contributed by atoms with Gasteiger partial charge in [0.15, 0.2) is 0 Å². The molecule has 23 heavy (non-hydrogen) atoms. The van der Waals surface area contributed by atoms with Crippen molar-refractivity contribution in [3.05, 3.63) is 21.5 Å². The number of carboxylic acid groups (broad SMARTS) is 1. The van der Waals surface area contributed by atoms with E-state index >= 15 is 0 Å². The van der Waals surface area contributed by atoms with Gasteiger partial charge in [-0.3, -0.25) is 19.6 Å². The highest BCUT2D eigenvalue weighted by molar-refractivity contribution is 6.00. The Balaban J connectivity index is 2.37. The largest absolute Gasteiger partial charge is 0.480 e. The first-order valence-electron chi connectivity index (χ1n) is 7.52. The molecule has 1 fully saturated rings. The molecular weight excluding hydrogens is 304 g/mol. The summed E-state index contributed by atoms with van der Waals surface area (Å²) in [7, 11) is 1.43. The molecule has 9 heteroatoms. The fourth-order valence-corrected chi connectivity index (χ4v) is 3.12. The van der Waals surface area contributed by atoms with Gasteiger partial charge in [0.05, 0.1) is 4.92 Å². The van der Waals surface area contributed by atoms with Gasteiger partial charge in [-0.1, -0.05) is 25.7 Å². The van der Waals surface area contributed by atoms with Crippen molar-refractivity contribution in [1.82, 2.24) is 15.1 Å². The first kappa shape index (κ1) is 16.9. The molecule has 0 radical (unpaired) electrons. The Hall–Kier alpha value is -2.45. The molecule has 1 saturated carbocycles. The summed E-state index contributed by atoms with van der Waals surface area (Å²) in [4.78, 5) is 34.8. The lowest BCUT2D eigenvalue weighted by atomic mass is 9.90. The number of nitro groups is 1. The van der Waals surface area contributed by atoms with Crippen LogP contribution in [0, 0.1) is 17.0 Å². The molecule has 1 heterocycles. The Kier molecular flexibility index (Phi) is 4.67. The van der Waals surface area contributed by atoms with Crippen LogP contribution in [-0.2, 0) is 11.8 Å². The normalized spacial score (nSPS) is 17.3. The third kappa shape index (κ3) is 3.17. The topological polar surface area (TPSA) is 127 Å². The smallest absolute Gasteiger partial charge is 0.329 e. The second-order valence-electron chi connectivity index (χ2n) is 5.92. The van der Waals surface area contributed by atoms with E-state index in [2.05, 4.69) is 10.4 Å². The summed E-state index contributed by atoms with van der Waals surface area (Å²) >= 11 is 0. The van der Waals surface area contributed by atoms with Crippen molar-refractivity contribution in [2.45, 2.75) is 51.0 Å². The van der Waals surface area contributed by atoms with Crippen LogP contribution in [0.1, 0.15) is 54.7 Å². The van der Waals surface area contributed by atoms with Gasteiger partial charge >= 0.3 is 11.7 Å². The van der Waals surface area contributed by atoms with E-state index < -0.39 is 22.3 Å². The van der Waals surface area contributed by atoms with Gasteiger partial charge in [0.25, 0.3) is 5.91 Å². The summed E-state index contributed by atoms with van der Waals surface area (Å²) in [6.45, 7) is 1.44. The van der Waals surface area contributed by atoms with Crippen molar-refractivity contribution >= 4 is 17.6 Å². The molecule has 1 amide bonds. The third-order valence-electron chi connectivity index (χ3n) is 4.31. The second kappa shape index (κ2) is 6.35. The van der Waals surface area contributed by atoms with Crippen LogP contribution in [0.4, 0.5) is 5.69 Å². The maximum Gasteiger partial charge on any atom is 0.329 e. The highest BCUT2D eigenvalue weighted by Crippen LogP contribution is 2.29. The number of carbonyl (C=O) groups is 2. The number of nitrogens with one attached hydrogen (secondary N) is 1. The fraction of sp³-hybridized carbons (Fsp3) is 0.643. The molecule has 1 aromatic rings. The summed E-state index contributed by atoms with van der Waals surface area (Å²) in [5.41, 5.74) is -1.87. The predicted octanol–water partition coefficient (Wildman–Crippen LogP) is 1.54. The van der Waals surface area contributed by atoms with Crippen LogP contribution in [0.5, 0.6) is 0 Å². The highest BCUT2D eigenvalue weighted by atomic mass is 16.6. The molecule has 1 aromatic heterocycles. The quantitative estimate of drug-likeness (QED) is 0.491. The molecular formula is C14H20N4O5. The zero-order chi connectivity index (χ0) is 17.2. The summed E-state index contributed by atoms with van der Waals surface area (Å²) in [5.74, 6) is -1.88. The van der Waals surface area contributed by atoms with E-state index in [4.69, 9.17) is 0 Å². The van der Waals surface area contributed by atoms with Crippen LogP contribution in [0.25, 0.3) is 0 Å². The fourth-order valence-electron chi connectivity index (χ4n) is 3.12. The molecule has 0 bridgehead atoms. The minimum atomic E-state index is -1.38. The maximum absolute atomic E-state index is 12.6. The number of carboxylic acids is 1. The summed E-state index contributed by atoms with van der Waals surface area (Å²) < 4.78 is 1.12. The molecule has 0 spiro atoms. The number of nitrogens with zero attached hydrogens (tertiary/aromatic N) is 3. The predicted molar refractivity (Wildman–Crippen MR) is 80.1 cm³/mol. The summed E-state index contributed by atoms with van der Waals surface area (Å²) in [6, 6.07) is 0. The molecule has 0 aliphatic heterocycles. The first-order valence-corrected chi connectivity index (χ1v) is 7.52. The number of rotatable bonds is 4. The highest BCUT2D eigenvalue weighted by Gasteiger charge is 2.42. The number of aryl methyl sites for hydroxylation is 2. The van der Waals surface area contributed by atoms with E-state index in [-0.39, 0.29) is 17.1 Å². The van der Waals surface area contributed by atoms with Crippen molar-refractivity contribution in [3.8, 4) is 0 Å². The lowest BCUT2D eigenvalue weighted by Gasteiger charge is -2.29. The molecule has 1 aliphatic carbocycles. The molecule has 126 valence electrons. The molecule has 2 N–H and O–H groups in total. The number of hydrogen-bond acceptors (Lipinski definition) is 5. The zero-order valence-electron chi connectivity index (χ0n) is 13.2. The van der Waals surface area contributed by atoms with Gasteiger partial charge in [0.2, 0.25) is 5.69 Å². The van der Waals surface area contributed by atoms with Gasteiger partial charge in [-0.25, -0.2) is 4.79 Å². The van der Waals surface area contributed by atoms with Crippen molar-refractivity contribution < 1.29 is 19.6 Å². The number of aliphatic carboxylic acids is 1. The number of amides is 1. The van der Waals surface area contributed by atoms with E-state index in [0.717, 1.165) is 17.5 Å². The Morgan fingerprint density at radius 2 is 1.87 bits per heavy atom. The number of carbonyl (C=O) groups excluding carboxylic acids is 1. The third-order valence-corrected chi connectivity index (χ3v) is 4.31. The standard InChI is InChI=1S/C14H20N4O5/c1-9-10(18(22)23)11(17(2)16-9)12(19)15-14(13(20)21)7-5-3-4-6-8-14/h3-8H2,1-2H3,(H,15,19)(H,20,21). The van der Waals surface area contributed by atoms with Crippen molar-refractivity contribution in [3.63, 3.8) is 0 Å². The monoisotopic (exact) mass is 324 g/mol. The Bertz CT molecular complexity index is 644. The zero-order valence-corrected chi connectivity index (χ0v) is 13.2. The lowest BCUT2D eigenvalue weighted by molar-refractivity contribution is -0.385. The van der Waals surface area contributed by atoms with Crippen LogP contribution >= 0.6 is 0 Å². The molecule has 0 aromatic carbocycles. The van der Waals surface area contributed by atoms with Crippen molar-refractivity contribution in [2.24, 2.45) is 7.05 Å². The van der Waals surface area contributed by atoms with Crippen molar-refractivity contribution in [1.29, 1.82) is 0 Å². The van der Waals surface area contributed by atoms with Gasteiger partial charge in [0, 0.05) is 7.05 Å². The van der Waals surface area contributed by atoms with Crippen LogP contribution in [-0.4, -0.2) is 37.2 Å². The summed E-state index contributed by atoms with van der Waals surface area (Å²) in [5, 5.41) is 27.2. The van der Waals surface area contributed by atoms with Gasteiger partial charge in [-0.15, -0.1) is 0 Å². The Morgan fingerprint density at radius 1 is 1.30 bits per heavy atom. The molecule has 0 atom stereocenters. The van der Waals surface area contributed by atoms with E-state index in [1.165, 1.54) is 14.0 Å². The molecule has 2 rings (SSSR count). The van der Waals surface area contributed by atoms with Crippen LogP contribution in [0.3, 0.4) is 0 Å². The first-order chi connectivity index (χ1) is 10.8. The van der Waals surface area contributed by atoms with Crippen molar-refractivity contribution in [2.75, 3.05) is 0 Å². The molecule has 0 unspecified atom stereocenters. The average Bonchev–Trinajstić information content (AvgIpc) is 2.62. The van der Waals surface area contributed by atoms with E-state index in [0.29, 0.717) is 25.7 Å². The van der Waals surface area contributed by atoms with Crippen LogP contribution in [0.15, 0.2) is 0 Å².